The molecule has 124 valence electrons. The van der Waals surface area contributed by atoms with Gasteiger partial charge in [0.25, 0.3) is 0 Å². The van der Waals surface area contributed by atoms with Crippen molar-refractivity contribution in [2.45, 2.75) is 25.9 Å². The topological polar surface area (TPSA) is 32.3 Å². The molecule has 0 fully saturated rings. The largest absolute Gasteiger partial charge is 0.302 e. The van der Waals surface area contributed by atoms with Crippen molar-refractivity contribution in [1.82, 2.24) is 9.97 Å². The van der Waals surface area contributed by atoms with Crippen LogP contribution in [0.5, 0.6) is 0 Å². The lowest BCUT2D eigenvalue weighted by atomic mass is 9.81. The zero-order valence-electron chi connectivity index (χ0n) is 14.4. The SMILES string of the molecule is CC1c2ccccc2N2c3nccnc3N(c3ccccc3)C2C1C. The highest BCUT2D eigenvalue weighted by Gasteiger charge is 2.48. The Hall–Kier alpha value is -2.88. The Morgan fingerprint density at radius 1 is 0.760 bits per heavy atom. The maximum atomic E-state index is 4.70. The van der Waals surface area contributed by atoms with Gasteiger partial charge in [-0.3, -0.25) is 0 Å². The van der Waals surface area contributed by atoms with Crippen molar-refractivity contribution >= 4 is 23.0 Å². The molecule has 0 radical (unpaired) electrons. The summed E-state index contributed by atoms with van der Waals surface area (Å²) >= 11 is 0. The molecule has 2 aromatic carbocycles. The molecule has 0 saturated carbocycles. The summed E-state index contributed by atoms with van der Waals surface area (Å²) in [6, 6.07) is 19.2. The van der Waals surface area contributed by atoms with Crippen LogP contribution in [0.2, 0.25) is 0 Å². The maximum Gasteiger partial charge on any atom is 0.178 e. The summed E-state index contributed by atoms with van der Waals surface area (Å²) in [7, 11) is 0. The minimum atomic E-state index is 0.185. The average molecular weight is 328 g/mol. The normalized spacial score (nSPS) is 23.8. The summed E-state index contributed by atoms with van der Waals surface area (Å²) in [6.07, 6.45) is 3.76. The molecule has 0 bridgehead atoms. The summed E-state index contributed by atoms with van der Waals surface area (Å²) in [5.74, 6) is 2.79. The lowest BCUT2D eigenvalue weighted by molar-refractivity contribution is 0.385. The van der Waals surface area contributed by atoms with Crippen LogP contribution in [0.3, 0.4) is 0 Å². The number of fused-ring (bicyclic) bond motifs is 5. The number of anilines is 4. The lowest BCUT2D eigenvalue weighted by Gasteiger charge is -2.44. The lowest BCUT2D eigenvalue weighted by Crippen LogP contribution is -2.48. The van der Waals surface area contributed by atoms with E-state index in [1.165, 1.54) is 11.3 Å². The van der Waals surface area contributed by atoms with Crippen LogP contribution >= 0.6 is 0 Å². The first-order valence-corrected chi connectivity index (χ1v) is 8.81. The van der Waals surface area contributed by atoms with Gasteiger partial charge in [-0.1, -0.05) is 50.2 Å². The molecule has 3 aromatic rings. The van der Waals surface area contributed by atoms with Crippen molar-refractivity contribution < 1.29 is 0 Å². The zero-order valence-corrected chi connectivity index (χ0v) is 14.4. The Morgan fingerprint density at radius 2 is 1.40 bits per heavy atom. The quantitative estimate of drug-likeness (QED) is 0.639. The Bertz CT molecular complexity index is 924. The van der Waals surface area contributed by atoms with Gasteiger partial charge < -0.3 is 9.80 Å². The van der Waals surface area contributed by atoms with Crippen LogP contribution in [-0.4, -0.2) is 16.1 Å². The molecule has 4 nitrogen and oxygen atoms in total. The molecule has 25 heavy (non-hydrogen) atoms. The van der Waals surface area contributed by atoms with Crippen molar-refractivity contribution in [3.05, 3.63) is 72.6 Å². The number of hydrogen-bond acceptors (Lipinski definition) is 4. The van der Waals surface area contributed by atoms with Crippen molar-refractivity contribution in [3.63, 3.8) is 0 Å². The zero-order chi connectivity index (χ0) is 17.0. The molecule has 3 unspecified atom stereocenters. The van der Waals surface area contributed by atoms with Crippen LogP contribution in [0.1, 0.15) is 25.3 Å². The molecule has 2 aliphatic rings. The third-order valence-electron chi connectivity index (χ3n) is 5.63. The molecular weight excluding hydrogens is 308 g/mol. The molecule has 2 aliphatic heterocycles. The van der Waals surface area contributed by atoms with Crippen LogP contribution in [0.25, 0.3) is 0 Å². The molecule has 5 rings (SSSR count). The van der Waals surface area contributed by atoms with E-state index in [2.05, 4.69) is 78.2 Å². The summed E-state index contributed by atoms with van der Waals surface area (Å²) in [5.41, 5.74) is 3.80. The van der Waals surface area contributed by atoms with Crippen molar-refractivity contribution in [2.24, 2.45) is 5.92 Å². The van der Waals surface area contributed by atoms with Gasteiger partial charge in [0, 0.05) is 29.7 Å². The number of rotatable bonds is 1. The number of nitrogens with zero attached hydrogens (tertiary/aromatic N) is 4. The standard InChI is InChI=1S/C21H20N4/c1-14-15(2)21-24(16-8-4-3-5-9-16)19-20(23-13-12-22-19)25(21)18-11-7-6-10-17(14)18/h3-15,21H,1-2H3. The first-order chi connectivity index (χ1) is 12.3. The third-order valence-corrected chi connectivity index (χ3v) is 5.63. The van der Waals surface area contributed by atoms with E-state index >= 15 is 0 Å². The van der Waals surface area contributed by atoms with Gasteiger partial charge in [-0.2, -0.15) is 0 Å². The van der Waals surface area contributed by atoms with Gasteiger partial charge in [-0.15, -0.1) is 0 Å². The molecule has 0 spiro atoms. The minimum absolute atomic E-state index is 0.185. The van der Waals surface area contributed by atoms with Gasteiger partial charge in [0.05, 0.1) is 0 Å². The predicted octanol–water partition coefficient (Wildman–Crippen LogP) is 4.85. The molecular formula is C21H20N4. The predicted molar refractivity (Wildman–Crippen MR) is 101 cm³/mol. The van der Waals surface area contributed by atoms with E-state index in [1.807, 2.05) is 0 Å². The summed E-state index contributed by atoms with van der Waals surface area (Å²) < 4.78 is 0. The number of para-hydroxylation sites is 2. The Balaban J connectivity index is 1.77. The third kappa shape index (κ3) is 1.94. The van der Waals surface area contributed by atoms with Gasteiger partial charge in [0.1, 0.15) is 6.17 Å². The van der Waals surface area contributed by atoms with Crippen LogP contribution in [0, 0.1) is 5.92 Å². The van der Waals surface area contributed by atoms with Crippen LogP contribution in [-0.2, 0) is 0 Å². The second-order valence-electron chi connectivity index (χ2n) is 6.90. The Labute approximate surface area is 147 Å². The summed E-state index contributed by atoms with van der Waals surface area (Å²) in [4.78, 5) is 14.1. The fourth-order valence-corrected chi connectivity index (χ4v) is 4.25. The molecule has 3 heterocycles. The molecule has 0 aliphatic carbocycles. The number of hydrogen-bond donors (Lipinski definition) is 0. The Morgan fingerprint density at radius 3 is 2.16 bits per heavy atom. The van der Waals surface area contributed by atoms with E-state index in [0.717, 1.165) is 17.3 Å². The molecule has 0 saturated heterocycles. The number of aromatic nitrogens is 2. The van der Waals surface area contributed by atoms with Crippen LogP contribution in [0.4, 0.5) is 23.0 Å². The van der Waals surface area contributed by atoms with E-state index in [4.69, 9.17) is 9.97 Å². The molecule has 0 amide bonds. The van der Waals surface area contributed by atoms with Gasteiger partial charge in [-0.25, -0.2) is 9.97 Å². The Kier molecular flexibility index (Phi) is 3.07. The fraction of sp³-hybridized carbons (Fsp3) is 0.238. The fourth-order valence-electron chi connectivity index (χ4n) is 4.25. The first-order valence-electron chi connectivity index (χ1n) is 8.81. The van der Waals surface area contributed by atoms with Gasteiger partial charge in [-0.05, 0) is 29.7 Å². The maximum absolute atomic E-state index is 4.70. The molecule has 0 N–H and O–H groups in total. The van der Waals surface area contributed by atoms with E-state index in [1.54, 1.807) is 12.4 Å². The van der Waals surface area contributed by atoms with E-state index in [9.17, 15) is 0 Å². The molecule has 3 atom stereocenters. The highest BCUT2D eigenvalue weighted by Crippen LogP contribution is 2.54. The second kappa shape index (κ2) is 5.31. The van der Waals surface area contributed by atoms with Gasteiger partial charge in [0.15, 0.2) is 11.6 Å². The van der Waals surface area contributed by atoms with Crippen LogP contribution in [0.15, 0.2) is 67.0 Å². The molecule has 4 heteroatoms. The average Bonchev–Trinajstić information content (AvgIpc) is 3.02. The van der Waals surface area contributed by atoms with E-state index < -0.39 is 0 Å². The van der Waals surface area contributed by atoms with Crippen molar-refractivity contribution in [2.75, 3.05) is 9.80 Å². The second-order valence-corrected chi connectivity index (χ2v) is 6.90. The van der Waals surface area contributed by atoms with Crippen molar-refractivity contribution in [1.29, 1.82) is 0 Å². The summed E-state index contributed by atoms with van der Waals surface area (Å²) in [6.45, 7) is 4.66. The highest BCUT2D eigenvalue weighted by atomic mass is 15.5. The van der Waals surface area contributed by atoms with E-state index in [-0.39, 0.29) is 6.17 Å². The monoisotopic (exact) mass is 328 g/mol. The van der Waals surface area contributed by atoms with Crippen molar-refractivity contribution in [3.8, 4) is 0 Å². The van der Waals surface area contributed by atoms with Gasteiger partial charge >= 0.3 is 0 Å². The van der Waals surface area contributed by atoms with Crippen LogP contribution < -0.4 is 9.80 Å². The first kappa shape index (κ1) is 14.5. The summed E-state index contributed by atoms with van der Waals surface area (Å²) in [5, 5.41) is 0. The van der Waals surface area contributed by atoms with Gasteiger partial charge in [0.2, 0.25) is 0 Å². The number of benzene rings is 2. The smallest absolute Gasteiger partial charge is 0.178 e. The molecule has 1 aromatic heterocycles. The van der Waals surface area contributed by atoms with E-state index in [0.29, 0.717) is 11.8 Å². The minimum Gasteiger partial charge on any atom is -0.302 e. The highest BCUT2D eigenvalue weighted by molar-refractivity contribution is 5.85.